The standard InChI is InChI=1S/C20H21F3O4S/c1-4-16(19(24)25)14-7-10-17(18(11-14)28(26,27)12(2)3)13-5-8-15(9-6-13)20(21,22)23/h5-12,16H,4H2,1-3H3,(H,24,25). The summed E-state index contributed by atoms with van der Waals surface area (Å²) in [6.45, 7) is 4.67. The van der Waals surface area contributed by atoms with E-state index in [1.165, 1.54) is 44.2 Å². The first-order valence-electron chi connectivity index (χ1n) is 8.67. The molecule has 0 aliphatic heterocycles. The molecule has 28 heavy (non-hydrogen) atoms. The maximum Gasteiger partial charge on any atom is 0.416 e. The second kappa shape index (κ2) is 7.95. The number of sulfone groups is 1. The Morgan fingerprint density at radius 3 is 2.07 bits per heavy atom. The van der Waals surface area contributed by atoms with E-state index in [9.17, 15) is 31.5 Å². The van der Waals surface area contributed by atoms with E-state index in [1.807, 2.05) is 0 Å². The van der Waals surface area contributed by atoms with Crippen molar-refractivity contribution in [2.24, 2.45) is 0 Å². The van der Waals surface area contributed by atoms with E-state index in [1.54, 1.807) is 6.92 Å². The summed E-state index contributed by atoms with van der Waals surface area (Å²) in [4.78, 5) is 11.4. The van der Waals surface area contributed by atoms with Crippen LogP contribution >= 0.6 is 0 Å². The molecule has 0 aromatic heterocycles. The van der Waals surface area contributed by atoms with Gasteiger partial charge in [-0.25, -0.2) is 8.42 Å². The summed E-state index contributed by atoms with van der Waals surface area (Å²) in [6.07, 6.45) is -4.22. The number of hydrogen-bond acceptors (Lipinski definition) is 3. The summed E-state index contributed by atoms with van der Waals surface area (Å²) in [7, 11) is -3.80. The zero-order valence-corrected chi connectivity index (χ0v) is 16.4. The van der Waals surface area contributed by atoms with Gasteiger partial charge < -0.3 is 5.11 Å². The van der Waals surface area contributed by atoms with Gasteiger partial charge in [-0.1, -0.05) is 31.2 Å². The number of aliphatic carboxylic acids is 1. The fraction of sp³-hybridized carbons (Fsp3) is 0.350. The second-order valence-electron chi connectivity index (χ2n) is 6.72. The molecule has 4 nitrogen and oxygen atoms in total. The van der Waals surface area contributed by atoms with E-state index in [4.69, 9.17) is 0 Å². The lowest BCUT2D eigenvalue weighted by atomic mass is 9.94. The maximum absolute atomic E-state index is 12.9. The molecule has 1 unspecified atom stereocenters. The molecule has 0 radical (unpaired) electrons. The normalized spacial score (nSPS) is 13.5. The summed E-state index contributed by atoms with van der Waals surface area (Å²) >= 11 is 0. The Kier molecular flexibility index (Phi) is 6.23. The van der Waals surface area contributed by atoms with Gasteiger partial charge in [-0.2, -0.15) is 13.2 Å². The second-order valence-corrected chi connectivity index (χ2v) is 9.20. The first-order chi connectivity index (χ1) is 12.9. The van der Waals surface area contributed by atoms with Crippen molar-refractivity contribution in [2.75, 3.05) is 0 Å². The smallest absolute Gasteiger partial charge is 0.416 e. The zero-order valence-electron chi connectivity index (χ0n) is 15.6. The van der Waals surface area contributed by atoms with Gasteiger partial charge in [-0.15, -0.1) is 0 Å². The average molecular weight is 414 g/mol. The molecule has 0 spiro atoms. The van der Waals surface area contributed by atoms with Crippen LogP contribution in [0.25, 0.3) is 11.1 Å². The lowest BCUT2D eigenvalue weighted by Gasteiger charge is -2.18. The quantitative estimate of drug-likeness (QED) is 0.711. The van der Waals surface area contributed by atoms with Crippen LogP contribution in [0.1, 0.15) is 44.2 Å². The van der Waals surface area contributed by atoms with Crippen LogP contribution in [0.4, 0.5) is 13.2 Å². The van der Waals surface area contributed by atoms with Crippen molar-refractivity contribution < 1.29 is 31.5 Å². The number of carbonyl (C=O) groups is 1. The zero-order chi connectivity index (χ0) is 21.3. The molecule has 0 saturated heterocycles. The summed E-state index contributed by atoms with van der Waals surface area (Å²) in [5.41, 5.74) is 0.0523. The number of hydrogen-bond donors (Lipinski definition) is 1. The highest BCUT2D eigenvalue weighted by Gasteiger charge is 2.31. The van der Waals surface area contributed by atoms with E-state index in [-0.39, 0.29) is 16.9 Å². The van der Waals surface area contributed by atoms with Crippen molar-refractivity contribution in [1.82, 2.24) is 0 Å². The number of carboxylic acid groups (broad SMARTS) is 1. The van der Waals surface area contributed by atoms with Gasteiger partial charge in [0, 0.05) is 5.56 Å². The Labute approximate surface area is 161 Å². The Bertz CT molecular complexity index is 962. The molecule has 0 fully saturated rings. The van der Waals surface area contributed by atoms with Gasteiger partial charge in [0.2, 0.25) is 0 Å². The van der Waals surface area contributed by atoms with Crippen LogP contribution in [0.15, 0.2) is 47.4 Å². The predicted octanol–water partition coefficient (Wildman–Crippen LogP) is 5.13. The molecule has 0 amide bonds. The molecule has 152 valence electrons. The first-order valence-corrected chi connectivity index (χ1v) is 10.2. The molecular weight excluding hydrogens is 393 g/mol. The van der Waals surface area contributed by atoms with E-state index in [0.717, 1.165) is 12.1 Å². The summed E-state index contributed by atoms with van der Waals surface area (Å²) in [6, 6.07) is 8.50. The Hall–Kier alpha value is -2.35. The third kappa shape index (κ3) is 4.38. The van der Waals surface area contributed by atoms with Gasteiger partial charge in [0.15, 0.2) is 9.84 Å². The minimum atomic E-state index is -4.49. The van der Waals surface area contributed by atoms with E-state index < -0.39 is 38.7 Å². The fourth-order valence-corrected chi connectivity index (χ4v) is 4.18. The molecule has 0 saturated carbocycles. The largest absolute Gasteiger partial charge is 0.481 e. The molecule has 0 aliphatic carbocycles. The van der Waals surface area contributed by atoms with E-state index in [2.05, 4.69) is 0 Å². The topological polar surface area (TPSA) is 71.4 Å². The minimum absolute atomic E-state index is 0.0838. The molecule has 1 atom stereocenters. The first kappa shape index (κ1) is 21.9. The summed E-state index contributed by atoms with van der Waals surface area (Å²) in [5, 5.41) is 8.59. The molecule has 0 bridgehead atoms. The summed E-state index contributed by atoms with van der Waals surface area (Å²) < 4.78 is 64.1. The van der Waals surface area contributed by atoms with Gasteiger partial charge >= 0.3 is 12.1 Å². The van der Waals surface area contributed by atoms with Crippen LogP contribution in [-0.2, 0) is 20.8 Å². The lowest BCUT2D eigenvalue weighted by molar-refractivity contribution is -0.139. The summed E-state index contributed by atoms with van der Waals surface area (Å²) in [5.74, 6) is -1.94. The molecular formula is C20H21F3O4S. The average Bonchev–Trinajstić information content (AvgIpc) is 2.61. The number of alkyl halides is 3. The van der Waals surface area contributed by atoms with Crippen molar-refractivity contribution >= 4 is 15.8 Å². The van der Waals surface area contributed by atoms with Crippen LogP contribution in [0, 0.1) is 0 Å². The number of halogens is 3. The SMILES string of the molecule is CCC(C(=O)O)c1ccc(-c2ccc(C(F)(F)F)cc2)c(S(=O)(=O)C(C)C)c1. The van der Waals surface area contributed by atoms with Gasteiger partial charge in [-0.05, 0) is 49.6 Å². The molecule has 8 heteroatoms. The van der Waals surface area contributed by atoms with Crippen LogP contribution in [-0.4, -0.2) is 24.7 Å². The Balaban J connectivity index is 2.69. The van der Waals surface area contributed by atoms with Gasteiger partial charge in [-0.3, -0.25) is 4.79 Å². The van der Waals surface area contributed by atoms with Crippen molar-refractivity contribution in [1.29, 1.82) is 0 Å². The number of rotatable bonds is 6. The van der Waals surface area contributed by atoms with Crippen LogP contribution in [0.2, 0.25) is 0 Å². The van der Waals surface area contributed by atoms with Crippen LogP contribution in [0.3, 0.4) is 0 Å². The third-order valence-corrected chi connectivity index (χ3v) is 6.76. The Morgan fingerprint density at radius 1 is 1.07 bits per heavy atom. The molecule has 2 aromatic carbocycles. The van der Waals surface area contributed by atoms with Crippen molar-refractivity contribution in [3.8, 4) is 11.1 Å². The molecule has 0 heterocycles. The molecule has 2 rings (SSSR count). The molecule has 0 aliphatic rings. The van der Waals surface area contributed by atoms with Crippen molar-refractivity contribution in [3.63, 3.8) is 0 Å². The Morgan fingerprint density at radius 2 is 1.64 bits per heavy atom. The predicted molar refractivity (Wildman–Crippen MR) is 99.9 cm³/mol. The van der Waals surface area contributed by atoms with Crippen molar-refractivity contribution in [2.45, 2.75) is 49.4 Å². The van der Waals surface area contributed by atoms with Gasteiger partial charge in [0.25, 0.3) is 0 Å². The highest BCUT2D eigenvalue weighted by Crippen LogP contribution is 2.35. The number of benzene rings is 2. The highest BCUT2D eigenvalue weighted by molar-refractivity contribution is 7.92. The number of carboxylic acids is 1. The molecule has 2 aromatic rings. The monoisotopic (exact) mass is 414 g/mol. The van der Waals surface area contributed by atoms with Crippen LogP contribution in [0.5, 0.6) is 0 Å². The lowest BCUT2D eigenvalue weighted by Crippen LogP contribution is -2.17. The van der Waals surface area contributed by atoms with Gasteiger partial charge in [0.1, 0.15) is 0 Å². The van der Waals surface area contributed by atoms with E-state index in [0.29, 0.717) is 11.1 Å². The van der Waals surface area contributed by atoms with Crippen LogP contribution < -0.4 is 0 Å². The van der Waals surface area contributed by atoms with Gasteiger partial charge in [0.05, 0.1) is 21.6 Å². The third-order valence-electron chi connectivity index (χ3n) is 4.56. The fourth-order valence-electron chi connectivity index (χ4n) is 2.88. The van der Waals surface area contributed by atoms with Crippen molar-refractivity contribution in [3.05, 3.63) is 53.6 Å². The highest BCUT2D eigenvalue weighted by atomic mass is 32.2. The maximum atomic E-state index is 12.9. The van der Waals surface area contributed by atoms with E-state index >= 15 is 0 Å². The molecule has 1 N–H and O–H groups in total. The minimum Gasteiger partial charge on any atom is -0.481 e.